The maximum atomic E-state index is 12.2. The molecule has 2 rings (SSSR count). The minimum absolute atomic E-state index is 0.000355. The molecular weight excluding hydrogens is 764 g/mol. The molecule has 54 heavy (non-hydrogen) atoms. The van der Waals surface area contributed by atoms with Gasteiger partial charge < -0.3 is 32.8 Å². The van der Waals surface area contributed by atoms with Crippen LogP contribution in [0, 0.1) is 11.8 Å². The Morgan fingerprint density at radius 2 is 1.61 bits per heavy atom. The quantitative estimate of drug-likeness (QED) is 0.0340. The fourth-order valence-electron chi connectivity index (χ4n) is 6.30. The third-order valence-electron chi connectivity index (χ3n) is 10.3. The molecule has 304 valence electrons. The number of carbonyl (C=O) groups is 1. The molecule has 0 saturated carbocycles. The van der Waals surface area contributed by atoms with Crippen LogP contribution in [0.4, 0.5) is 0 Å². The molecule has 10 heteroatoms. The van der Waals surface area contributed by atoms with Gasteiger partial charge in [-0.15, -0.1) is 0 Å². The Bertz CT molecular complexity index is 1450. The highest BCUT2D eigenvalue weighted by Gasteiger charge is 2.41. The van der Waals surface area contributed by atoms with Gasteiger partial charge in [-0.25, -0.2) is 4.79 Å². The number of allylic oxidation sites excluding steroid dienone is 1. The lowest BCUT2D eigenvalue weighted by atomic mass is 9.88. The van der Waals surface area contributed by atoms with Crippen molar-refractivity contribution in [3.8, 4) is 5.75 Å². The van der Waals surface area contributed by atoms with E-state index < -0.39 is 8.32 Å². The van der Waals surface area contributed by atoms with Crippen molar-refractivity contribution in [2.24, 2.45) is 11.8 Å². The fraction of sp³-hybridized carbons (Fsp3) is 0.614. The van der Waals surface area contributed by atoms with E-state index in [1.54, 1.807) is 28.3 Å². The van der Waals surface area contributed by atoms with Crippen LogP contribution in [0.2, 0.25) is 18.1 Å². The molecule has 0 heterocycles. The molecule has 0 fully saturated rings. The predicted molar refractivity (Wildman–Crippen MR) is 225 cm³/mol. The monoisotopic (exact) mass is 832 g/mol. The largest absolute Gasteiger partial charge is 0.489 e. The first-order valence-electron chi connectivity index (χ1n) is 19.3. The second kappa shape index (κ2) is 23.7. The topological polar surface area (TPSA) is 81.7 Å². The highest BCUT2D eigenvalue weighted by Crippen LogP contribution is 2.39. The number of ether oxygens (including phenoxy) is 6. The summed E-state index contributed by atoms with van der Waals surface area (Å²) >= 11 is 3.69. The first-order chi connectivity index (χ1) is 25.5. The van der Waals surface area contributed by atoms with E-state index in [0.29, 0.717) is 31.6 Å². The van der Waals surface area contributed by atoms with Crippen molar-refractivity contribution in [2.45, 2.75) is 130 Å². The average molecular weight is 834 g/mol. The number of benzene rings is 2. The Kier molecular flexibility index (Phi) is 21.0. The number of esters is 1. The molecule has 0 radical (unpaired) electrons. The van der Waals surface area contributed by atoms with Gasteiger partial charge in [0.1, 0.15) is 19.1 Å². The SMILES string of the molecule is CCOC(=O)/C(C)=C/CC[C@H](OC)[C@@H](O[Si](C)(C)C(C)(C)C)/C(C)=C/[C@H](C)[C@@H](OCOC)[C@H](C[C@H](C)Cc1cc(Br)cc(OCc2ccccc2)c1)OC. The van der Waals surface area contributed by atoms with Crippen molar-refractivity contribution >= 4 is 30.2 Å². The maximum Gasteiger partial charge on any atom is 0.333 e. The van der Waals surface area contributed by atoms with Gasteiger partial charge >= 0.3 is 5.97 Å². The molecule has 6 atom stereocenters. The summed E-state index contributed by atoms with van der Waals surface area (Å²) in [7, 11) is 2.92. The lowest BCUT2D eigenvalue weighted by Crippen LogP contribution is -2.48. The molecule has 0 spiro atoms. The molecule has 0 aromatic heterocycles. The Morgan fingerprint density at radius 1 is 0.944 bits per heavy atom. The highest BCUT2D eigenvalue weighted by atomic mass is 79.9. The van der Waals surface area contributed by atoms with Crippen LogP contribution in [0.5, 0.6) is 5.75 Å². The van der Waals surface area contributed by atoms with E-state index >= 15 is 0 Å². The van der Waals surface area contributed by atoms with Gasteiger partial charge in [-0.3, -0.25) is 0 Å². The highest BCUT2D eigenvalue weighted by molar-refractivity contribution is 9.10. The minimum Gasteiger partial charge on any atom is -0.489 e. The number of halogens is 1. The van der Waals surface area contributed by atoms with Crippen molar-refractivity contribution in [3.63, 3.8) is 0 Å². The zero-order valence-corrected chi connectivity index (χ0v) is 37.9. The summed E-state index contributed by atoms with van der Waals surface area (Å²) < 4.78 is 43.6. The van der Waals surface area contributed by atoms with Crippen molar-refractivity contribution < 1.29 is 37.6 Å². The molecule has 8 nitrogen and oxygen atoms in total. The second-order valence-corrected chi connectivity index (χ2v) is 21.6. The Balaban J connectivity index is 2.32. The fourth-order valence-corrected chi connectivity index (χ4v) is 8.15. The zero-order valence-electron chi connectivity index (χ0n) is 35.3. The lowest BCUT2D eigenvalue weighted by Gasteiger charge is -2.42. The van der Waals surface area contributed by atoms with Crippen LogP contribution < -0.4 is 4.74 Å². The van der Waals surface area contributed by atoms with Crippen LogP contribution >= 0.6 is 15.9 Å². The molecule has 0 saturated heterocycles. The third-order valence-corrected chi connectivity index (χ3v) is 15.2. The van der Waals surface area contributed by atoms with E-state index in [4.69, 9.17) is 32.8 Å². The summed E-state index contributed by atoms with van der Waals surface area (Å²) in [5, 5.41) is 0.000355. The number of carbonyl (C=O) groups excluding carboxylic acids is 1. The van der Waals surface area contributed by atoms with E-state index in [1.165, 1.54) is 5.56 Å². The van der Waals surface area contributed by atoms with E-state index in [1.807, 2.05) is 37.3 Å². The van der Waals surface area contributed by atoms with Gasteiger partial charge in [0.2, 0.25) is 0 Å². The molecule has 0 aliphatic rings. The Morgan fingerprint density at radius 3 is 2.20 bits per heavy atom. The van der Waals surface area contributed by atoms with Gasteiger partial charge in [-0.2, -0.15) is 0 Å². The molecule has 2 aromatic carbocycles. The number of hydrogen-bond donors (Lipinski definition) is 0. The smallest absolute Gasteiger partial charge is 0.333 e. The van der Waals surface area contributed by atoms with Crippen molar-refractivity contribution in [2.75, 3.05) is 34.7 Å². The molecule has 0 aliphatic heterocycles. The maximum absolute atomic E-state index is 12.2. The summed E-state index contributed by atoms with van der Waals surface area (Å²) in [4.78, 5) is 12.2. The Hall–Kier alpha value is -2.31. The van der Waals surface area contributed by atoms with Gasteiger partial charge in [-0.1, -0.05) is 93.0 Å². The average Bonchev–Trinajstić information content (AvgIpc) is 3.11. The summed E-state index contributed by atoms with van der Waals surface area (Å²) in [5.74, 6) is 0.804. The van der Waals surface area contributed by atoms with Crippen LogP contribution in [0.25, 0.3) is 0 Å². The lowest BCUT2D eigenvalue weighted by molar-refractivity contribution is -0.138. The molecule has 2 aromatic rings. The van der Waals surface area contributed by atoms with E-state index in [0.717, 1.165) is 34.2 Å². The van der Waals surface area contributed by atoms with E-state index in [2.05, 4.69) is 101 Å². The molecule has 0 unspecified atom stereocenters. The molecule has 0 N–H and O–H groups in total. The number of hydrogen-bond acceptors (Lipinski definition) is 8. The van der Waals surface area contributed by atoms with Crippen LogP contribution in [0.15, 0.2) is 76.3 Å². The second-order valence-electron chi connectivity index (χ2n) is 16.0. The van der Waals surface area contributed by atoms with Crippen molar-refractivity contribution in [1.29, 1.82) is 0 Å². The minimum atomic E-state index is -2.22. The number of rotatable bonds is 24. The summed E-state index contributed by atoms with van der Waals surface area (Å²) in [6, 6.07) is 16.5. The van der Waals surface area contributed by atoms with Gasteiger partial charge in [0, 0.05) is 37.3 Å². The van der Waals surface area contributed by atoms with Crippen LogP contribution in [-0.2, 0) is 45.9 Å². The first kappa shape index (κ1) is 47.8. The third kappa shape index (κ3) is 16.0. The molecule has 0 aliphatic carbocycles. The van der Waals surface area contributed by atoms with Crippen LogP contribution in [-0.4, -0.2) is 73.4 Å². The molecule has 0 amide bonds. The molecular formula is C44H69BrO8Si. The van der Waals surface area contributed by atoms with Gasteiger partial charge in [0.05, 0.1) is 31.0 Å². The standard InChI is InChI=1S/C44H69BrO8Si/c1-14-50-43(46)32(3)19-18-22-39(48-10)42(53-54(12,13)44(6,7)8)34(5)25-33(4)41(52-30-47-9)40(49-11)24-31(2)23-36-26-37(45)28-38(27-36)51-29-35-20-16-15-17-21-35/h15-17,19-21,25-28,31,33,39-42H,14,18,22-24,29-30H2,1-13H3/b32-19+,34-25+/t31-,33+,39+,40+,41-,42+/m1/s1. The van der Waals surface area contributed by atoms with Crippen LogP contribution in [0.1, 0.15) is 85.8 Å². The molecule has 0 bridgehead atoms. The van der Waals surface area contributed by atoms with Crippen LogP contribution in [0.3, 0.4) is 0 Å². The number of methoxy groups -OCH3 is 3. The summed E-state index contributed by atoms with van der Waals surface area (Å²) in [5.41, 5.74) is 4.00. The van der Waals surface area contributed by atoms with Crippen molar-refractivity contribution in [3.05, 3.63) is 87.4 Å². The summed E-state index contributed by atoms with van der Waals surface area (Å²) in [6.07, 6.45) is 6.19. The zero-order chi connectivity index (χ0) is 40.5. The normalized spacial score (nSPS) is 16.3. The Labute approximate surface area is 336 Å². The predicted octanol–water partition coefficient (Wildman–Crippen LogP) is 10.9. The first-order valence-corrected chi connectivity index (χ1v) is 23.0. The van der Waals surface area contributed by atoms with E-state index in [-0.39, 0.29) is 54.1 Å². The van der Waals surface area contributed by atoms with Crippen molar-refractivity contribution in [1.82, 2.24) is 0 Å². The van der Waals surface area contributed by atoms with Gasteiger partial charge in [-0.05, 0) is 105 Å². The van der Waals surface area contributed by atoms with E-state index in [9.17, 15) is 4.79 Å². The van der Waals surface area contributed by atoms with Gasteiger partial charge in [0.15, 0.2) is 8.32 Å². The van der Waals surface area contributed by atoms with Gasteiger partial charge in [0.25, 0.3) is 0 Å². The summed E-state index contributed by atoms with van der Waals surface area (Å²) in [6.45, 7) is 22.5.